The Morgan fingerprint density at radius 2 is 2.04 bits per heavy atom. The first-order valence-electron chi connectivity index (χ1n) is 9.45. The number of likely N-dealkylation sites (tertiary alicyclic amines) is 1. The number of guanidine groups is 1. The van der Waals surface area contributed by atoms with Crippen molar-refractivity contribution >= 4 is 40.9 Å². The normalized spacial score (nSPS) is 16.5. The lowest BCUT2D eigenvalue weighted by Gasteiger charge is -2.32. The first kappa shape index (κ1) is 21.0. The van der Waals surface area contributed by atoms with E-state index in [1.165, 1.54) is 44.3 Å². The van der Waals surface area contributed by atoms with Gasteiger partial charge < -0.3 is 20.0 Å². The second-order valence-electron chi connectivity index (χ2n) is 6.76. The molecule has 0 bridgehead atoms. The van der Waals surface area contributed by atoms with Crippen molar-refractivity contribution in [1.29, 1.82) is 0 Å². The molecule has 0 amide bonds. The van der Waals surface area contributed by atoms with E-state index in [1.54, 1.807) is 0 Å². The van der Waals surface area contributed by atoms with Gasteiger partial charge in [-0.25, -0.2) is 0 Å². The summed E-state index contributed by atoms with van der Waals surface area (Å²) in [6, 6.07) is 10.8. The Labute approximate surface area is 173 Å². The number of nitrogens with zero attached hydrogens (tertiary/aromatic N) is 2. The van der Waals surface area contributed by atoms with Crippen molar-refractivity contribution in [3.8, 4) is 0 Å². The van der Waals surface area contributed by atoms with Crippen LogP contribution in [0.15, 0.2) is 39.7 Å². The van der Waals surface area contributed by atoms with Crippen molar-refractivity contribution in [3.05, 3.63) is 36.1 Å². The molecule has 2 N–H and O–H groups in total. The molecule has 6 heteroatoms. The SMILES string of the molecule is CCCN1CCC(NC(=NC)NCCc2cc3ccccc3o2)CC1.I. The minimum Gasteiger partial charge on any atom is -0.461 e. The minimum absolute atomic E-state index is 0. The van der Waals surface area contributed by atoms with E-state index in [0.717, 1.165) is 30.3 Å². The maximum Gasteiger partial charge on any atom is 0.191 e. The average Bonchev–Trinajstić information content (AvgIpc) is 3.05. The molecule has 2 heterocycles. The Balaban J connectivity index is 0.00000243. The van der Waals surface area contributed by atoms with Gasteiger partial charge in [0.05, 0.1) is 0 Å². The number of piperidine rings is 1. The van der Waals surface area contributed by atoms with Gasteiger partial charge in [0, 0.05) is 44.5 Å². The highest BCUT2D eigenvalue weighted by molar-refractivity contribution is 14.0. The summed E-state index contributed by atoms with van der Waals surface area (Å²) >= 11 is 0. The van der Waals surface area contributed by atoms with E-state index < -0.39 is 0 Å². The summed E-state index contributed by atoms with van der Waals surface area (Å²) in [6.07, 6.45) is 4.46. The molecule has 1 saturated heterocycles. The second kappa shape index (κ2) is 10.8. The number of para-hydroxylation sites is 1. The van der Waals surface area contributed by atoms with Crippen LogP contribution in [0.3, 0.4) is 0 Å². The summed E-state index contributed by atoms with van der Waals surface area (Å²) in [5.74, 6) is 1.90. The number of rotatable bonds is 6. The lowest BCUT2D eigenvalue weighted by Crippen LogP contribution is -2.49. The average molecular weight is 470 g/mol. The number of fused-ring (bicyclic) bond motifs is 1. The van der Waals surface area contributed by atoms with Crippen molar-refractivity contribution in [2.24, 2.45) is 4.99 Å². The molecule has 1 aliphatic rings. The van der Waals surface area contributed by atoms with E-state index in [0.29, 0.717) is 6.04 Å². The highest BCUT2D eigenvalue weighted by Crippen LogP contribution is 2.18. The maximum atomic E-state index is 5.86. The molecule has 3 rings (SSSR count). The molecular formula is C20H31IN4O. The van der Waals surface area contributed by atoms with Crippen LogP contribution in [0.5, 0.6) is 0 Å². The summed E-state index contributed by atoms with van der Waals surface area (Å²) in [5, 5.41) is 8.14. The summed E-state index contributed by atoms with van der Waals surface area (Å²) < 4.78 is 5.86. The van der Waals surface area contributed by atoms with Crippen LogP contribution in [-0.2, 0) is 6.42 Å². The maximum absolute atomic E-state index is 5.86. The van der Waals surface area contributed by atoms with Crippen molar-refractivity contribution < 1.29 is 4.42 Å². The molecule has 0 unspecified atom stereocenters. The monoisotopic (exact) mass is 470 g/mol. The molecule has 1 fully saturated rings. The zero-order valence-corrected chi connectivity index (χ0v) is 18.2. The summed E-state index contributed by atoms with van der Waals surface area (Å²) in [7, 11) is 1.84. The molecule has 0 atom stereocenters. The van der Waals surface area contributed by atoms with Crippen LogP contribution < -0.4 is 10.6 Å². The van der Waals surface area contributed by atoms with Crippen molar-refractivity contribution in [2.45, 2.75) is 38.6 Å². The lowest BCUT2D eigenvalue weighted by atomic mass is 10.1. The second-order valence-corrected chi connectivity index (χ2v) is 6.76. The van der Waals surface area contributed by atoms with Crippen molar-refractivity contribution in [2.75, 3.05) is 33.2 Å². The quantitative estimate of drug-likeness (QED) is 0.385. The summed E-state index contributed by atoms with van der Waals surface area (Å²) in [5.41, 5.74) is 0.957. The Hall–Kier alpha value is -1.28. The lowest BCUT2D eigenvalue weighted by molar-refractivity contribution is 0.206. The highest BCUT2D eigenvalue weighted by atomic mass is 127. The molecule has 0 spiro atoms. The highest BCUT2D eigenvalue weighted by Gasteiger charge is 2.19. The minimum atomic E-state index is 0. The zero-order chi connectivity index (χ0) is 17.5. The molecule has 26 heavy (non-hydrogen) atoms. The molecule has 1 aromatic heterocycles. The molecule has 1 aromatic carbocycles. The largest absolute Gasteiger partial charge is 0.461 e. The molecule has 0 aliphatic carbocycles. The Kier molecular flexibility index (Phi) is 8.71. The van der Waals surface area contributed by atoms with Gasteiger partial charge in [-0.2, -0.15) is 0 Å². The van der Waals surface area contributed by atoms with Crippen LogP contribution in [0, 0.1) is 0 Å². The Morgan fingerprint density at radius 3 is 2.73 bits per heavy atom. The number of hydrogen-bond donors (Lipinski definition) is 2. The first-order chi connectivity index (χ1) is 12.3. The van der Waals surface area contributed by atoms with Crippen LogP contribution in [0.2, 0.25) is 0 Å². The van der Waals surface area contributed by atoms with Crippen LogP contribution in [-0.4, -0.2) is 50.1 Å². The van der Waals surface area contributed by atoms with Gasteiger partial charge in [-0.1, -0.05) is 25.1 Å². The van der Waals surface area contributed by atoms with Gasteiger partial charge in [-0.15, -0.1) is 24.0 Å². The fourth-order valence-electron chi connectivity index (χ4n) is 3.47. The number of aliphatic imine (C=N–C) groups is 1. The van der Waals surface area contributed by atoms with E-state index in [-0.39, 0.29) is 24.0 Å². The summed E-state index contributed by atoms with van der Waals surface area (Å²) in [6.45, 7) is 6.65. The van der Waals surface area contributed by atoms with Gasteiger partial charge in [0.2, 0.25) is 0 Å². The third-order valence-electron chi connectivity index (χ3n) is 4.83. The van der Waals surface area contributed by atoms with Gasteiger partial charge in [0.15, 0.2) is 5.96 Å². The Bertz CT molecular complexity index is 659. The number of hydrogen-bond acceptors (Lipinski definition) is 3. The van der Waals surface area contributed by atoms with Crippen LogP contribution in [0.4, 0.5) is 0 Å². The fraction of sp³-hybridized carbons (Fsp3) is 0.550. The number of halogens is 1. The van der Waals surface area contributed by atoms with E-state index in [2.05, 4.69) is 39.6 Å². The predicted octanol–water partition coefficient (Wildman–Crippen LogP) is 3.63. The molecule has 2 aromatic rings. The zero-order valence-electron chi connectivity index (χ0n) is 15.8. The third-order valence-corrected chi connectivity index (χ3v) is 4.83. The summed E-state index contributed by atoms with van der Waals surface area (Å²) in [4.78, 5) is 6.91. The van der Waals surface area contributed by atoms with Crippen molar-refractivity contribution in [3.63, 3.8) is 0 Å². The molecular weight excluding hydrogens is 439 g/mol. The standard InChI is InChI=1S/C20H30N4O.HI/c1-3-12-24-13-9-17(10-14-24)23-20(21-2)22-11-8-18-15-16-6-4-5-7-19(16)25-18;/h4-7,15,17H,3,8-14H2,1-2H3,(H2,21,22,23);1H. The Morgan fingerprint density at radius 1 is 1.27 bits per heavy atom. The van der Waals surface area contributed by atoms with E-state index in [4.69, 9.17) is 4.42 Å². The van der Waals surface area contributed by atoms with E-state index in [1.807, 2.05) is 25.2 Å². The van der Waals surface area contributed by atoms with Gasteiger partial charge in [-0.3, -0.25) is 4.99 Å². The predicted molar refractivity (Wildman–Crippen MR) is 120 cm³/mol. The van der Waals surface area contributed by atoms with Gasteiger partial charge in [0.25, 0.3) is 0 Å². The third kappa shape index (κ3) is 5.87. The van der Waals surface area contributed by atoms with Crippen LogP contribution in [0.25, 0.3) is 11.0 Å². The molecule has 0 saturated carbocycles. The van der Waals surface area contributed by atoms with Gasteiger partial charge >= 0.3 is 0 Å². The van der Waals surface area contributed by atoms with E-state index in [9.17, 15) is 0 Å². The number of furan rings is 1. The molecule has 5 nitrogen and oxygen atoms in total. The molecule has 1 aliphatic heterocycles. The topological polar surface area (TPSA) is 52.8 Å². The molecule has 0 radical (unpaired) electrons. The fourth-order valence-corrected chi connectivity index (χ4v) is 3.47. The van der Waals surface area contributed by atoms with Crippen LogP contribution >= 0.6 is 24.0 Å². The van der Waals surface area contributed by atoms with Gasteiger partial charge in [0.1, 0.15) is 11.3 Å². The van der Waals surface area contributed by atoms with Crippen molar-refractivity contribution in [1.82, 2.24) is 15.5 Å². The smallest absolute Gasteiger partial charge is 0.191 e. The number of nitrogens with one attached hydrogen (secondary N) is 2. The first-order valence-corrected chi connectivity index (χ1v) is 9.45. The number of benzene rings is 1. The van der Waals surface area contributed by atoms with E-state index >= 15 is 0 Å². The molecule has 144 valence electrons. The van der Waals surface area contributed by atoms with Gasteiger partial charge in [-0.05, 0) is 37.9 Å². The van der Waals surface area contributed by atoms with Crippen LogP contribution in [0.1, 0.15) is 31.9 Å².